The van der Waals surface area contributed by atoms with Crippen LogP contribution in [0.2, 0.25) is 5.02 Å². The van der Waals surface area contributed by atoms with Gasteiger partial charge < -0.3 is 0 Å². The Balaban J connectivity index is 2.16. The fourth-order valence-electron chi connectivity index (χ4n) is 3.31. The van der Waals surface area contributed by atoms with E-state index in [1.54, 1.807) is 0 Å². The third-order valence-electron chi connectivity index (χ3n) is 4.49. The smallest absolute Gasteiger partial charge is 0.136 e. The summed E-state index contributed by atoms with van der Waals surface area (Å²) in [5.74, 6) is 1.14. The number of hydrogen-bond acceptors (Lipinski definition) is 1. The summed E-state index contributed by atoms with van der Waals surface area (Å²) in [5, 5.41) is 0.782. The maximum Gasteiger partial charge on any atom is 0.136 e. The fraction of sp³-hybridized carbons (Fsp3) is 0.588. The summed E-state index contributed by atoms with van der Waals surface area (Å²) in [7, 11) is 0. The van der Waals surface area contributed by atoms with Crippen molar-refractivity contribution >= 4 is 33.3 Å². The summed E-state index contributed by atoms with van der Waals surface area (Å²) in [6.07, 6.45) is 3.77. The Morgan fingerprint density at radius 3 is 2.65 bits per heavy atom. The van der Waals surface area contributed by atoms with Crippen molar-refractivity contribution in [1.82, 2.24) is 0 Å². The highest BCUT2D eigenvalue weighted by atomic mass is 79.9. The van der Waals surface area contributed by atoms with Crippen molar-refractivity contribution in [1.29, 1.82) is 0 Å². The first-order valence-corrected chi connectivity index (χ1v) is 8.43. The first kappa shape index (κ1) is 16.0. The van der Waals surface area contributed by atoms with Crippen molar-refractivity contribution < 1.29 is 4.79 Å². The molecule has 3 heteroatoms. The molecule has 1 aliphatic carbocycles. The van der Waals surface area contributed by atoms with Gasteiger partial charge in [-0.1, -0.05) is 54.4 Å². The van der Waals surface area contributed by atoms with Crippen molar-refractivity contribution in [3.63, 3.8) is 0 Å². The van der Waals surface area contributed by atoms with Gasteiger partial charge in [-0.3, -0.25) is 4.79 Å². The van der Waals surface area contributed by atoms with E-state index in [0.717, 1.165) is 40.7 Å². The highest BCUT2D eigenvalue weighted by molar-refractivity contribution is 9.10. The highest BCUT2D eigenvalue weighted by Crippen LogP contribution is 2.41. The van der Waals surface area contributed by atoms with Crippen LogP contribution in [0.4, 0.5) is 0 Å². The first-order chi connectivity index (χ1) is 9.29. The van der Waals surface area contributed by atoms with Crippen LogP contribution in [0.25, 0.3) is 0 Å². The summed E-state index contributed by atoms with van der Waals surface area (Å²) in [6.45, 7) is 6.57. The number of carbonyl (C=O) groups is 1. The average Bonchev–Trinajstić information content (AvgIpc) is 2.32. The van der Waals surface area contributed by atoms with E-state index in [-0.39, 0.29) is 11.3 Å². The minimum Gasteiger partial charge on any atom is -0.299 e. The van der Waals surface area contributed by atoms with E-state index in [0.29, 0.717) is 11.7 Å². The molecule has 0 aromatic heterocycles. The van der Waals surface area contributed by atoms with E-state index in [1.165, 1.54) is 0 Å². The maximum atomic E-state index is 12.3. The molecule has 1 fully saturated rings. The number of halogens is 2. The van der Waals surface area contributed by atoms with Gasteiger partial charge in [0.15, 0.2) is 0 Å². The molecular formula is C17H22BrClO. The lowest BCUT2D eigenvalue weighted by Crippen LogP contribution is -2.36. The molecule has 1 saturated carbocycles. The van der Waals surface area contributed by atoms with Gasteiger partial charge in [-0.15, -0.1) is 0 Å². The van der Waals surface area contributed by atoms with Crippen LogP contribution >= 0.6 is 27.5 Å². The Hall–Kier alpha value is -0.340. The minimum atomic E-state index is -0.0330. The molecule has 1 nitrogen and oxygen atoms in total. The Kier molecular flexibility index (Phi) is 4.96. The van der Waals surface area contributed by atoms with E-state index < -0.39 is 0 Å². The SMILES string of the molecule is CC1CCC(C(C)(C)Cc2ccc(Br)cc2Cl)C(=O)C1. The monoisotopic (exact) mass is 356 g/mol. The van der Waals surface area contributed by atoms with Crippen molar-refractivity contribution in [3.8, 4) is 0 Å². The maximum absolute atomic E-state index is 12.3. The lowest BCUT2D eigenvalue weighted by atomic mass is 9.66. The molecule has 1 aromatic rings. The highest BCUT2D eigenvalue weighted by Gasteiger charge is 2.38. The predicted molar refractivity (Wildman–Crippen MR) is 88.1 cm³/mol. The summed E-state index contributed by atoms with van der Waals surface area (Å²) < 4.78 is 0.992. The van der Waals surface area contributed by atoms with Crippen LogP contribution < -0.4 is 0 Å². The number of hydrogen-bond donors (Lipinski definition) is 0. The van der Waals surface area contributed by atoms with Crippen molar-refractivity contribution in [2.24, 2.45) is 17.3 Å². The molecular weight excluding hydrogens is 336 g/mol. The largest absolute Gasteiger partial charge is 0.299 e. The Morgan fingerprint density at radius 1 is 1.35 bits per heavy atom. The second kappa shape index (κ2) is 6.19. The predicted octanol–water partition coefficient (Wildman–Crippen LogP) is 5.68. The van der Waals surface area contributed by atoms with E-state index in [2.05, 4.69) is 42.8 Å². The van der Waals surface area contributed by atoms with Crippen LogP contribution in [0.3, 0.4) is 0 Å². The van der Waals surface area contributed by atoms with Gasteiger partial charge in [-0.05, 0) is 48.3 Å². The molecule has 0 heterocycles. The second-order valence-corrected chi connectivity index (χ2v) is 8.13. The summed E-state index contributed by atoms with van der Waals surface area (Å²) in [6, 6.07) is 6.00. The Morgan fingerprint density at radius 2 is 2.05 bits per heavy atom. The molecule has 0 N–H and O–H groups in total. The number of Topliss-reactive ketones (excluding diaryl/α,β-unsaturated/α-hetero) is 1. The molecule has 110 valence electrons. The fourth-order valence-corrected chi connectivity index (χ4v) is 4.05. The lowest BCUT2D eigenvalue weighted by molar-refractivity contribution is -0.129. The van der Waals surface area contributed by atoms with E-state index in [1.807, 2.05) is 12.1 Å². The molecule has 2 rings (SSSR count). The molecule has 2 atom stereocenters. The van der Waals surface area contributed by atoms with Crippen molar-refractivity contribution in [2.45, 2.75) is 46.5 Å². The van der Waals surface area contributed by atoms with Gasteiger partial charge in [-0.2, -0.15) is 0 Å². The van der Waals surface area contributed by atoms with E-state index in [9.17, 15) is 4.79 Å². The van der Waals surface area contributed by atoms with E-state index >= 15 is 0 Å². The minimum absolute atomic E-state index is 0.0330. The summed E-state index contributed by atoms with van der Waals surface area (Å²) in [5.41, 5.74) is 1.10. The third-order valence-corrected chi connectivity index (χ3v) is 5.34. The van der Waals surface area contributed by atoms with Crippen LogP contribution in [0.15, 0.2) is 22.7 Å². The number of rotatable bonds is 3. The first-order valence-electron chi connectivity index (χ1n) is 7.26. The van der Waals surface area contributed by atoms with Crippen LogP contribution in [-0.4, -0.2) is 5.78 Å². The quantitative estimate of drug-likeness (QED) is 0.680. The van der Waals surface area contributed by atoms with Crippen molar-refractivity contribution in [3.05, 3.63) is 33.3 Å². The zero-order valence-electron chi connectivity index (χ0n) is 12.4. The molecule has 1 aliphatic rings. The summed E-state index contributed by atoms with van der Waals surface area (Å²) >= 11 is 9.75. The number of carbonyl (C=O) groups excluding carboxylic acids is 1. The molecule has 0 aliphatic heterocycles. The molecule has 2 unspecified atom stereocenters. The van der Waals surface area contributed by atoms with Gasteiger partial charge in [0.05, 0.1) is 0 Å². The zero-order chi connectivity index (χ0) is 14.9. The Bertz CT molecular complexity index is 510. The number of benzene rings is 1. The van der Waals surface area contributed by atoms with Gasteiger partial charge in [0.2, 0.25) is 0 Å². The molecule has 20 heavy (non-hydrogen) atoms. The van der Waals surface area contributed by atoms with Crippen LogP contribution in [0, 0.1) is 17.3 Å². The lowest BCUT2D eigenvalue weighted by Gasteiger charge is -2.37. The zero-order valence-corrected chi connectivity index (χ0v) is 14.7. The third kappa shape index (κ3) is 3.65. The van der Waals surface area contributed by atoms with Crippen LogP contribution in [0.5, 0.6) is 0 Å². The normalized spacial score (nSPS) is 23.9. The topological polar surface area (TPSA) is 17.1 Å². The molecule has 0 amide bonds. The van der Waals surface area contributed by atoms with Crippen LogP contribution in [0.1, 0.15) is 45.6 Å². The molecule has 0 bridgehead atoms. The van der Waals surface area contributed by atoms with Gasteiger partial charge in [0.25, 0.3) is 0 Å². The average molecular weight is 358 g/mol. The second-order valence-electron chi connectivity index (χ2n) is 6.81. The molecule has 0 spiro atoms. The Labute approximate surface area is 135 Å². The van der Waals surface area contributed by atoms with Crippen molar-refractivity contribution in [2.75, 3.05) is 0 Å². The van der Waals surface area contributed by atoms with Gasteiger partial charge in [-0.25, -0.2) is 0 Å². The molecule has 0 radical (unpaired) electrons. The van der Waals surface area contributed by atoms with Gasteiger partial charge in [0.1, 0.15) is 5.78 Å². The summed E-state index contributed by atoms with van der Waals surface area (Å²) in [4.78, 5) is 12.3. The van der Waals surface area contributed by atoms with Crippen LogP contribution in [-0.2, 0) is 11.2 Å². The van der Waals surface area contributed by atoms with E-state index in [4.69, 9.17) is 11.6 Å². The van der Waals surface area contributed by atoms with Gasteiger partial charge >= 0.3 is 0 Å². The molecule has 1 aromatic carbocycles. The number of ketones is 1. The molecule has 0 saturated heterocycles. The van der Waals surface area contributed by atoms with Gasteiger partial charge in [0, 0.05) is 21.8 Å². The standard InChI is InChI=1S/C17H22BrClO/c1-11-4-7-14(16(20)8-11)17(2,3)10-12-5-6-13(18)9-15(12)19/h5-6,9,11,14H,4,7-8,10H2,1-3H3.